The van der Waals surface area contributed by atoms with Crippen LogP contribution in [0.3, 0.4) is 0 Å². The van der Waals surface area contributed by atoms with Crippen LogP contribution in [0.2, 0.25) is 0 Å². The van der Waals surface area contributed by atoms with Gasteiger partial charge < -0.3 is 5.32 Å². The predicted molar refractivity (Wildman–Crippen MR) is 69.9 cm³/mol. The Bertz CT molecular complexity index is 370. The second-order valence-electron chi connectivity index (χ2n) is 5.51. The van der Waals surface area contributed by atoms with Gasteiger partial charge >= 0.3 is 0 Å². The molecule has 0 spiro atoms. The van der Waals surface area contributed by atoms with Gasteiger partial charge in [0, 0.05) is 18.2 Å². The van der Waals surface area contributed by atoms with Crippen molar-refractivity contribution < 1.29 is 0 Å². The normalized spacial score (nSPS) is 16.2. The highest BCUT2D eigenvalue weighted by Crippen LogP contribution is 2.34. The predicted octanol–water partition coefficient (Wildman–Crippen LogP) is 2.80. The molecule has 0 atom stereocenters. The van der Waals surface area contributed by atoms with Crippen molar-refractivity contribution in [1.29, 1.82) is 0 Å². The van der Waals surface area contributed by atoms with Crippen molar-refractivity contribution in [3.8, 4) is 0 Å². The summed E-state index contributed by atoms with van der Waals surface area (Å²) in [6.07, 6.45) is 3.87. The van der Waals surface area contributed by atoms with E-state index in [1.807, 2.05) is 0 Å². The fraction of sp³-hybridized carbons (Fsp3) is 0.714. The first-order valence-corrected chi connectivity index (χ1v) is 6.70. The maximum absolute atomic E-state index is 4.68. The van der Waals surface area contributed by atoms with Crippen molar-refractivity contribution in [2.45, 2.75) is 52.5 Å². The third kappa shape index (κ3) is 3.50. The Hall–Kier alpha value is -0.960. The minimum absolute atomic E-state index is 0.624. The van der Waals surface area contributed by atoms with Gasteiger partial charge in [0.15, 0.2) is 0 Å². The van der Waals surface area contributed by atoms with Crippen molar-refractivity contribution >= 4 is 0 Å². The molecule has 0 bridgehead atoms. The summed E-state index contributed by atoms with van der Waals surface area (Å²) in [6, 6.07) is 2.09. The summed E-state index contributed by atoms with van der Waals surface area (Å²) in [5.74, 6) is 2.38. The Kier molecular flexibility index (Phi) is 4.11. The molecule has 1 aromatic rings. The number of nitrogens with one attached hydrogen (secondary N) is 1. The molecule has 2 rings (SSSR count). The topological polar surface area (TPSA) is 37.8 Å². The maximum Gasteiger partial charge on any atom is 0.131 e. The van der Waals surface area contributed by atoms with Crippen molar-refractivity contribution in [1.82, 2.24) is 15.3 Å². The number of hydrogen-bond acceptors (Lipinski definition) is 3. The average molecular weight is 233 g/mol. The molecule has 1 N–H and O–H groups in total. The quantitative estimate of drug-likeness (QED) is 0.849. The van der Waals surface area contributed by atoms with Gasteiger partial charge in [-0.2, -0.15) is 0 Å². The van der Waals surface area contributed by atoms with Gasteiger partial charge in [-0.1, -0.05) is 20.3 Å². The van der Waals surface area contributed by atoms with Crippen LogP contribution in [-0.4, -0.2) is 16.5 Å². The second-order valence-corrected chi connectivity index (χ2v) is 5.51. The molecule has 1 aromatic heterocycles. The molecule has 1 fully saturated rings. The Morgan fingerprint density at radius 2 is 2.12 bits per heavy atom. The fourth-order valence-corrected chi connectivity index (χ4v) is 2.09. The van der Waals surface area contributed by atoms with E-state index in [0.717, 1.165) is 30.3 Å². The molecule has 1 aliphatic carbocycles. The molecule has 1 aliphatic rings. The lowest BCUT2D eigenvalue weighted by molar-refractivity contribution is 0.399. The smallest absolute Gasteiger partial charge is 0.131 e. The molecule has 0 aliphatic heterocycles. The van der Waals surface area contributed by atoms with Crippen LogP contribution in [0, 0.1) is 12.8 Å². The molecule has 1 saturated carbocycles. The van der Waals surface area contributed by atoms with Crippen LogP contribution in [0.4, 0.5) is 0 Å². The minimum Gasteiger partial charge on any atom is -0.311 e. The lowest BCUT2D eigenvalue weighted by Gasteiger charge is -2.24. The van der Waals surface area contributed by atoms with Gasteiger partial charge in [-0.25, -0.2) is 9.97 Å². The van der Waals surface area contributed by atoms with Gasteiger partial charge in [0.2, 0.25) is 0 Å². The van der Waals surface area contributed by atoms with E-state index >= 15 is 0 Å². The maximum atomic E-state index is 4.68. The number of rotatable bonds is 5. The molecule has 0 unspecified atom stereocenters. The zero-order chi connectivity index (χ0) is 12.3. The molecule has 17 heavy (non-hydrogen) atoms. The number of aryl methyl sites for hydroxylation is 1. The van der Waals surface area contributed by atoms with Crippen LogP contribution < -0.4 is 5.32 Å². The first-order valence-electron chi connectivity index (χ1n) is 6.70. The summed E-state index contributed by atoms with van der Waals surface area (Å²) in [4.78, 5) is 9.24. The minimum atomic E-state index is 0.624. The average Bonchev–Trinajstić information content (AvgIpc) is 2.13. The first kappa shape index (κ1) is 12.5. The summed E-state index contributed by atoms with van der Waals surface area (Å²) in [6.45, 7) is 8.41. The van der Waals surface area contributed by atoms with E-state index in [1.165, 1.54) is 19.3 Å². The highest BCUT2D eigenvalue weighted by molar-refractivity contribution is 5.13. The summed E-state index contributed by atoms with van der Waals surface area (Å²) >= 11 is 0. The second kappa shape index (κ2) is 5.58. The molecular weight excluding hydrogens is 210 g/mol. The number of nitrogens with zero attached hydrogens (tertiary/aromatic N) is 2. The third-order valence-electron chi connectivity index (χ3n) is 3.25. The summed E-state index contributed by atoms with van der Waals surface area (Å²) in [5.41, 5.74) is 2.24. The highest BCUT2D eigenvalue weighted by Gasteiger charge is 2.22. The van der Waals surface area contributed by atoms with Crippen molar-refractivity contribution in [3.05, 3.63) is 23.3 Å². The van der Waals surface area contributed by atoms with Crippen LogP contribution in [0.25, 0.3) is 0 Å². The first-order chi connectivity index (χ1) is 8.15. The standard InChI is InChI=1S/C14H23N3/c1-10(2)8-15-9-13-7-11(3)16-14(17-13)12-5-4-6-12/h7,10,12,15H,4-6,8-9H2,1-3H3. The summed E-state index contributed by atoms with van der Waals surface area (Å²) < 4.78 is 0. The number of hydrogen-bond donors (Lipinski definition) is 1. The van der Waals surface area contributed by atoms with Crippen LogP contribution >= 0.6 is 0 Å². The lowest BCUT2D eigenvalue weighted by atomic mass is 9.85. The van der Waals surface area contributed by atoms with E-state index in [1.54, 1.807) is 0 Å². The Balaban J connectivity index is 1.98. The largest absolute Gasteiger partial charge is 0.311 e. The van der Waals surface area contributed by atoms with E-state index in [-0.39, 0.29) is 0 Å². The summed E-state index contributed by atoms with van der Waals surface area (Å²) in [7, 11) is 0. The Morgan fingerprint density at radius 3 is 2.71 bits per heavy atom. The van der Waals surface area contributed by atoms with E-state index < -0.39 is 0 Å². The van der Waals surface area contributed by atoms with Crippen molar-refractivity contribution in [2.75, 3.05) is 6.54 Å². The van der Waals surface area contributed by atoms with Gasteiger partial charge in [-0.3, -0.25) is 0 Å². The van der Waals surface area contributed by atoms with E-state index in [0.29, 0.717) is 11.8 Å². The summed E-state index contributed by atoms with van der Waals surface area (Å²) in [5, 5.41) is 3.44. The van der Waals surface area contributed by atoms with Crippen molar-refractivity contribution in [2.24, 2.45) is 5.92 Å². The van der Waals surface area contributed by atoms with Gasteiger partial charge in [0.1, 0.15) is 5.82 Å². The van der Waals surface area contributed by atoms with Gasteiger partial charge in [-0.15, -0.1) is 0 Å². The van der Waals surface area contributed by atoms with Crippen LogP contribution in [0.1, 0.15) is 56.2 Å². The molecule has 94 valence electrons. The fourth-order valence-electron chi connectivity index (χ4n) is 2.09. The molecular formula is C14H23N3. The highest BCUT2D eigenvalue weighted by atomic mass is 14.9. The zero-order valence-electron chi connectivity index (χ0n) is 11.2. The molecule has 0 aromatic carbocycles. The van der Waals surface area contributed by atoms with E-state index in [9.17, 15) is 0 Å². The van der Waals surface area contributed by atoms with E-state index in [2.05, 4.69) is 42.1 Å². The molecule has 0 saturated heterocycles. The SMILES string of the molecule is Cc1cc(CNCC(C)C)nc(C2CCC2)n1. The number of aromatic nitrogens is 2. The van der Waals surface area contributed by atoms with Gasteiger partial charge in [0.05, 0.1) is 5.69 Å². The van der Waals surface area contributed by atoms with Crippen molar-refractivity contribution in [3.63, 3.8) is 0 Å². The van der Waals surface area contributed by atoms with Gasteiger partial charge in [0.25, 0.3) is 0 Å². The van der Waals surface area contributed by atoms with Crippen LogP contribution in [0.5, 0.6) is 0 Å². The monoisotopic (exact) mass is 233 g/mol. The third-order valence-corrected chi connectivity index (χ3v) is 3.25. The van der Waals surface area contributed by atoms with Crippen LogP contribution in [0.15, 0.2) is 6.07 Å². The van der Waals surface area contributed by atoms with E-state index in [4.69, 9.17) is 0 Å². The molecule has 3 heteroatoms. The lowest BCUT2D eigenvalue weighted by Crippen LogP contribution is -2.21. The molecule has 0 radical (unpaired) electrons. The van der Waals surface area contributed by atoms with Gasteiger partial charge in [-0.05, 0) is 38.3 Å². The Morgan fingerprint density at radius 1 is 1.35 bits per heavy atom. The Labute approximate surface area is 104 Å². The molecule has 1 heterocycles. The molecule has 0 amide bonds. The zero-order valence-corrected chi connectivity index (χ0v) is 11.2. The molecule has 3 nitrogen and oxygen atoms in total. The van der Waals surface area contributed by atoms with Crippen LogP contribution in [-0.2, 0) is 6.54 Å².